The summed E-state index contributed by atoms with van der Waals surface area (Å²) < 4.78 is 0.809. The largest absolute Gasteiger partial charge is 0.353 e. The number of carbonyl (C=O) groups excluding carboxylic acids is 1. The summed E-state index contributed by atoms with van der Waals surface area (Å²) in [6, 6.07) is 10.2. The predicted octanol–water partition coefficient (Wildman–Crippen LogP) is 1.64. The van der Waals surface area contributed by atoms with Gasteiger partial charge in [0.25, 0.3) is 0 Å². The van der Waals surface area contributed by atoms with Crippen molar-refractivity contribution in [2.45, 2.75) is 5.75 Å². The smallest absolute Gasteiger partial charge is 0.239 e. The number of carbonyl (C=O) groups is 1. The number of rotatable bonds is 2. The van der Waals surface area contributed by atoms with Crippen LogP contribution in [0.25, 0.3) is 0 Å². The summed E-state index contributed by atoms with van der Waals surface area (Å²) in [5.41, 5.74) is 1.25. The molecule has 0 saturated carbocycles. The summed E-state index contributed by atoms with van der Waals surface area (Å²) in [4.78, 5) is 13.2. The zero-order chi connectivity index (χ0) is 12.1. The first-order chi connectivity index (χ1) is 8.25. The van der Waals surface area contributed by atoms with E-state index in [4.69, 9.17) is 12.2 Å². The highest BCUT2D eigenvalue weighted by Crippen LogP contribution is 2.16. The third-order valence-electron chi connectivity index (χ3n) is 2.50. The van der Waals surface area contributed by atoms with Gasteiger partial charge in [-0.3, -0.25) is 4.79 Å². The zero-order valence-electron chi connectivity index (χ0n) is 9.39. The summed E-state index contributed by atoms with van der Waals surface area (Å²) in [7, 11) is 0. The molecular formula is C12H14N2OS2. The van der Waals surface area contributed by atoms with Crippen LogP contribution in [0.15, 0.2) is 30.3 Å². The van der Waals surface area contributed by atoms with Crippen molar-refractivity contribution in [2.75, 3.05) is 19.6 Å². The van der Waals surface area contributed by atoms with Crippen LogP contribution in [-0.2, 0) is 10.5 Å². The third kappa shape index (κ3) is 3.71. The minimum absolute atomic E-state index is 0.0545. The number of hydrogen-bond donors (Lipinski definition) is 1. The highest BCUT2D eigenvalue weighted by Gasteiger charge is 2.18. The Morgan fingerprint density at radius 2 is 2.18 bits per heavy atom. The van der Waals surface area contributed by atoms with Crippen molar-refractivity contribution in [2.24, 2.45) is 0 Å². The SMILES string of the molecule is O=C1CN(C(=S)SCc2ccccc2)CCN1. The Morgan fingerprint density at radius 1 is 1.41 bits per heavy atom. The van der Waals surface area contributed by atoms with E-state index in [-0.39, 0.29) is 5.91 Å². The van der Waals surface area contributed by atoms with Crippen molar-refractivity contribution in [3.05, 3.63) is 35.9 Å². The maximum absolute atomic E-state index is 11.2. The van der Waals surface area contributed by atoms with Gasteiger partial charge in [0.2, 0.25) is 5.91 Å². The molecule has 1 amide bonds. The lowest BCUT2D eigenvalue weighted by Gasteiger charge is -2.28. The standard InChI is InChI=1S/C12H14N2OS2/c15-11-8-14(7-6-13-11)12(16)17-9-10-4-2-1-3-5-10/h1-5H,6-9H2,(H,13,15). The molecule has 1 heterocycles. The van der Waals surface area contributed by atoms with Crippen molar-refractivity contribution in [3.8, 4) is 0 Å². The van der Waals surface area contributed by atoms with E-state index in [1.54, 1.807) is 11.8 Å². The summed E-state index contributed by atoms with van der Waals surface area (Å²) >= 11 is 6.95. The van der Waals surface area contributed by atoms with Crippen LogP contribution in [0.1, 0.15) is 5.56 Å². The predicted molar refractivity (Wildman–Crippen MR) is 74.9 cm³/mol. The molecule has 0 spiro atoms. The van der Waals surface area contributed by atoms with E-state index in [0.29, 0.717) is 13.1 Å². The number of amides is 1. The van der Waals surface area contributed by atoms with Crippen molar-refractivity contribution < 1.29 is 4.79 Å². The van der Waals surface area contributed by atoms with Gasteiger partial charge >= 0.3 is 0 Å². The number of benzene rings is 1. The zero-order valence-corrected chi connectivity index (χ0v) is 11.0. The fourth-order valence-electron chi connectivity index (χ4n) is 1.61. The van der Waals surface area contributed by atoms with E-state index >= 15 is 0 Å². The summed E-state index contributed by atoms with van der Waals surface area (Å²) in [6.45, 7) is 1.89. The molecule has 2 rings (SSSR count). The summed E-state index contributed by atoms with van der Waals surface area (Å²) in [5.74, 6) is 0.913. The average molecular weight is 266 g/mol. The molecule has 90 valence electrons. The number of thiocarbonyl (C=S) groups is 1. The fourth-order valence-corrected chi connectivity index (χ4v) is 2.76. The van der Waals surface area contributed by atoms with Crippen LogP contribution >= 0.6 is 24.0 Å². The molecule has 5 heteroatoms. The van der Waals surface area contributed by atoms with Crippen molar-refractivity contribution >= 4 is 34.2 Å². The molecule has 0 atom stereocenters. The van der Waals surface area contributed by atoms with Gasteiger partial charge in [-0.15, -0.1) is 0 Å². The van der Waals surface area contributed by atoms with E-state index in [0.717, 1.165) is 16.6 Å². The molecule has 1 aromatic carbocycles. The molecule has 3 nitrogen and oxygen atoms in total. The lowest BCUT2D eigenvalue weighted by atomic mass is 10.2. The Morgan fingerprint density at radius 3 is 2.88 bits per heavy atom. The monoisotopic (exact) mass is 266 g/mol. The second-order valence-corrected chi connectivity index (χ2v) is 5.42. The molecule has 0 unspecified atom stereocenters. The number of hydrogen-bond acceptors (Lipinski definition) is 3. The quantitative estimate of drug-likeness (QED) is 0.825. The van der Waals surface area contributed by atoms with Crippen molar-refractivity contribution in [1.82, 2.24) is 10.2 Å². The first-order valence-electron chi connectivity index (χ1n) is 5.48. The minimum atomic E-state index is 0.0545. The Balaban J connectivity index is 1.83. The second kappa shape index (κ2) is 6.02. The Labute approximate surface area is 111 Å². The number of nitrogens with one attached hydrogen (secondary N) is 1. The topological polar surface area (TPSA) is 32.3 Å². The van der Waals surface area contributed by atoms with Gasteiger partial charge in [0.05, 0.1) is 6.54 Å². The van der Waals surface area contributed by atoms with Gasteiger partial charge in [-0.2, -0.15) is 0 Å². The molecule has 1 aliphatic rings. The summed E-state index contributed by atoms with van der Waals surface area (Å²) in [6.07, 6.45) is 0. The first kappa shape index (κ1) is 12.4. The van der Waals surface area contributed by atoms with Crippen molar-refractivity contribution in [3.63, 3.8) is 0 Å². The molecule has 1 saturated heterocycles. The van der Waals surface area contributed by atoms with Crippen LogP contribution in [-0.4, -0.2) is 34.8 Å². The van der Waals surface area contributed by atoms with E-state index in [1.807, 2.05) is 23.1 Å². The Kier molecular flexibility index (Phi) is 4.39. The second-order valence-electron chi connectivity index (χ2n) is 3.81. The van der Waals surface area contributed by atoms with Crippen molar-refractivity contribution in [1.29, 1.82) is 0 Å². The van der Waals surface area contributed by atoms with Gasteiger partial charge in [-0.25, -0.2) is 0 Å². The van der Waals surface area contributed by atoms with E-state index in [1.165, 1.54) is 5.56 Å². The van der Waals surface area contributed by atoms with E-state index in [9.17, 15) is 4.79 Å². The van der Waals surface area contributed by atoms with Crippen LogP contribution in [0, 0.1) is 0 Å². The van der Waals surface area contributed by atoms with E-state index in [2.05, 4.69) is 17.4 Å². The Bertz CT molecular complexity index is 408. The van der Waals surface area contributed by atoms with E-state index < -0.39 is 0 Å². The number of nitrogens with zero attached hydrogens (tertiary/aromatic N) is 1. The molecule has 0 aromatic heterocycles. The van der Waals surface area contributed by atoms with Crippen LogP contribution in [0.5, 0.6) is 0 Å². The fraction of sp³-hybridized carbons (Fsp3) is 0.333. The molecule has 0 bridgehead atoms. The van der Waals surface area contributed by atoms with Gasteiger partial charge in [0.15, 0.2) is 0 Å². The third-order valence-corrected chi connectivity index (χ3v) is 4.10. The number of piperazine rings is 1. The molecule has 0 radical (unpaired) electrons. The van der Waals surface area contributed by atoms with Gasteiger partial charge in [-0.05, 0) is 5.56 Å². The molecule has 1 aliphatic heterocycles. The van der Waals surface area contributed by atoms with Gasteiger partial charge in [0.1, 0.15) is 4.32 Å². The molecule has 0 aliphatic carbocycles. The Hall–Kier alpha value is -1.07. The normalized spacial score (nSPS) is 15.5. The maximum atomic E-state index is 11.2. The van der Waals surface area contributed by atoms with Gasteiger partial charge in [-0.1, -0.05) is 54.3 Å². The molecular weight excluding hydrogens is 252 g/mol. The van der Waals surface area contributed by atoms with Gasteiger partial charge < -0.3 is 10.2 Å². The summed E-state index contributed by atoms with van der Waals surface area (Å²) in [5, 5.41) is 2.79. The van der Waals surface area contributed by atoms with Crippen LogP contribution in [0.4, 0.5) is 0 Å². The number of thioether (sulfide) groups is 1. The minimum Gasteiger partial charge on any atom is -0.353 e. The highest BCUT2D eigenvalue weighted by atomic mass is 32.2. The lowest BCUT2D eigenvalue weighted by molar-refractivity contribution is -0.122. The van der Waals surface area contributed by atoms with Crippen LogP contribution < -0.4 is 5.32 Å². The molecule has 1 aromatic rings. The van der Waals surface area contributed by atoms with Crippen LogP contribution in [0.2, 0.25) is 0 Å². The first-order valence-corrected chi connectivity index (χ1v) is 6.87. The lowest BCUT2D eigenvalue weighted by Crippen LogP contribution is -2.48. The van der Waals surface area contributed by atoms with Crippen LogP contribution in [0.3, 0.4) is 0 Å². The molecule has 1 N–H and O–H groups in total. The maximum Gasteiger partial charge on any atom is 0.239 e. The molecule has 1 fully saturated rings. The highest BCUT2D eigenvalue weighted by molar-refractivity contribution is 8.22. The van der Waals surface area contributed by atoms with Gasteiger partial charge in [0, 0.05) is 18.8 Å². The average Bonchev–Trinajstić information content (AvgIpc) is 2.37. The molecule has 17 heavy (non-hydrogen) atoms.